The molecule has 3 heteroatoms. The van der Waals surface area contributed by atoms with Crippen molar-refractivity contribution >= 4 is 27.2 Å². The van der Waals surface area contributed by atoms with E-state index in [9.17, 15) is 4.21 Å². The van der Waals surface area contributed by atoms with E-state index in [0.29, 0.717) is 11.3 Å². The molecule has 2 aromatic rings. The summed E-state index contributed by atoms with van der Waals surface area (Å²) in [7, 11) is 0. The summed E-state index contributed by atoms with van der Waals surface area (Å²) >= 11 is 2.12. The van der Waals surface area contributed by atoms with E-state index in [2.05, 4.69) is 32.9 Å². The third kappa shape index (κ3) is 3.37. The molecule has 0 aliphatic heterocycles. The number of hydrogen-bond acceptors (Lipinski definition) is 2. The second-order valence-electron chi connectivity index (χ2n) is 4.56. The molecule has 0 heterocycles. The van der Waals surface area contributed by atoms with Gasteiger partial charge in [0.15, 0.2) is 0 Å². The van der Waals surface area contributed by atoms with Gasteiger partial charge in [-0.15, -0.1) is 0 Å². The van der Waals surface area contributed by atoms with Crippen molar-refractivity contribution < 1.29 is 4.21 Å². The number of rotatable bonds is 2. The van der Waals surface area contributed by atoms with E-state index in [1.807, 2.05) is 30.3 Å². The molecule has 0 bridgehead atoms. The Morgan fingerprint density at radius 1 is 0.947 bits per heavy atom. The monoisotopic (exact) mass is 288 g/mol. The van der Waals surface area contributed by atoms with Crippen LogP contribution in [0.2, 0.25) is 0 Å². The topological polar surface area (TPSA) is 17.1 Å². The van der Waals surface area contributed by atoms with Crippen molar-refractivity contribution in [1.29, 1.82) is 0 Å². The molecule has 2 aromatic carbocycles. The zero-order chi connectivity index (χ0) is 13.8. The maximum Gasteiger partial charge on any atom is 0.113 e. The van der Waals surface area contributed by atoms with Gasteiger partial charge in [-0.05, 0) is 44.0 Å². The minimum Gasteiger partial charge on any atom is -0.211 e. The van der Waals surface area contributed by atoms with E-state index in [4.69, 9.17) is 0 Å². The van der Waals surface area contributed by atoms with Crippen molar-refractivity contribution in [3.05, 3.63) is 64.7 Å². The maximum atomic E-state index is 11.5. The van der Waals surface area contributed by atoms with Crippen molar-refractivity contribution in [2.75, 3.05) is 0 Å². The van der Waals surface area contributed by atoms with Crippen LogP contribution in [0.1, 0.15) is 22.3 Å². The van der Waals surface area contributed by atoms with Crippen LogP contribution < -0.4 is 0 Å². The molecule has 0 saturated carbocycles. The molecule has 0 saturated heterocycles. The van der Waals surface area contributed by atoms with E-state index in [0.717, 1.165) is 14.7 Å². The van der Waals surface area contributed by atoms with Gasteiger partial charge in [0.1, 0.15) is 15.5 Å². The first-order valence-corrected chi connectivity index (χ1v) is 7.65. The largest absolute Gasteiger partial charge is 0.211 e. The summed E-state index contributed by atoms with van der Waals surface area (Å²) in [6.07, 6.45) is 0. The highest BCUT2D eigenvalue weighted by molar-refractivity contribution is 8.21. The normalized spacial score (nSPS) is 10.3. The molecule has 0 spiro atoms. The van der Waals surface area contributed by atoms with Gasteiger partial charge in [0.25, 0.3) is 0 Å². The summed E-state index contributed by atoms with van der Waals surface area (Å²) < 4.78 is 12.3. The first-order chi connectivity index (χ1) is 9.11. The van der Waals surface area contributed by atoms with Crippen LogP contribution in [-0.4, -0.2) is 8.41 Å². The fraction of sp³-hybridized carbons (Fsp3) is 0.188. The molecule has 19 heavy (non-hydrogen) atoms. The Morgan fingerprint density at radius 2 is 1.53 bits per heavy atom. The highest BCUT2D eigenvalue weighted by atomic mass is 32.2. The van der Waals surface area contributed by atoms with Crippen molar-refractivity contribution in [2.45, 2.75) is 25.7 Å². The molecule has 98 valence electrons. The predicted molar refractivity (Wildman–Crippen MR) is 85.2 cm³/mol. The predicted octanol–water partition coefficient (Wildman–Crippen LogP) is 4.10. The first-order valence-electron chi connectivity index (χ1n) is 6.09. The van der Waals surface area contributed by atoms with E-state index < -0.39 is 0 Å². The van der Waals surface area contributed by atoms with Crippen molar-refractivity contribution in [3.63, 3.8) is 0 Å². The number of aryl methyl sites for hydroxylation is 3. The molecule has 0 fully saturated rings. The third-order valence-corrected chi connectivity index (χ3v) is 4.62. The minimum absolute atomic E-state index is 0.582. The van der Waals surface area contributed by atoms with Gasteiger partial charge in [-0.25, -0.2) is 4.21 Å². The molecule has 2 rings (SSSR count). The van der Waals surface area contributed by atoms with Crippen LogP contribution in [0, 0.1) is 20.8 Å². The Kier molecular flexibility index (Phi) is 4.61. The van der Waals surface area contributed by atoms with E-state index in [1.54, 1.807) is 11.8 Å². The second-order valence-corrected chi connectivity index (χ2v) is 6.48. The Morgan fingerprint density at radius 3 is 2.05 bits per heavy atom. The van der Waals surface area contributed by atoms with Crippen LogP contribution in [-0.2, 0) is 11.3 Å². The van der Waals surface area contributed by atoms with Gasteiger partial charge in [0.05, 0.1) is 0 Å². The smallest absolute Gasteiger partial charge is 0.113 e. The molecule has 0 aliphatic carbocycles. The van der Waals surface area contributed by atoms with Gasteiger partial charge >= 0.3 is 0 Å². The fourth-order valence-corrected chi connectivity index (χ4v) is 3.97. The summed E-state index contributed by atoms with van der Waals surface area (Å²) in [5.41, 5.74) is 4.65. The third-order valence-electron chi connectivity index (χ3n) is 2.91. The average molecular weight is 288 g/mol. The van der Waals surface area contributed by atoms with Gasteiger partial charge in [-0.1, -0.05) is 47.7 Å². The van der Waals surface area contributed by atoms with Gasteiger partial charge < -0.3 is 0 Å². The number of thioether (sulfide) groups is 1. The van der Waals surface area contributed by atoms with Crippen molar-refractivity contribution in [1.82, 2.24) is 0 Å². The maximum absolute atomic E-state index is 11.5. The SMILES string of the molecule is Cc1cc(C)c(C(Sc2ccccc2)=S=O)c(C)c1. The highest BCUT2D eigenvalue weighted by Gasteiger charge is 2.12. The molecule has 0 radical (unpaired) electrons. The Labute approximate surface area is 122 Å². The summed E-state index contributed by atoms with van der Waals surface area (Å²) in [4.78, 5) is 1.10. The summed E-state index contributed by atoms with van der Waals surface area (Å²) in [5, 5.41) is 0. The lowest BCUT2D eigenvalue weighted by Gasteiger charge is -2.11. The zero-order valence-electron chi connectivity index (χ0n) is 11.3. The van der Waals surface area contributed by atoms with E-state index in [-0.39, 0.29) is 0 Å². The number of benzene rings is 2. The molecule has 0 aliphatic rings. The van der Waals surface area contributed by atoms with Gasteiger partial charge in [0, 0.05) is 10.5 Å². The lowest BCUT2D eigenvalue weighted by molar-refractivity contribution is 0.701. The lowest BCUT2D eigenvalue weighted by Crippen LogP contribution is -2.02. The van der Waals surface area contributed by atoms with Crippen LogP contribution >= 0.6 is 11.8 Å². The molecule has 0 N–H and O–H groups in total. The molecule has 0 unspecified atom stereocenters. The van der Waals surface area contributed by atoms with E-state index in [1.165, 1.54) is 16.7 Å². The van der Waals surface area contributed by atoms with Crippen LogP contribution in [0.15, 0.2) is 47.4 Å². The quantitative estimate of drug-likeness (QED) is 0.611. The Bertz CT molecular complexity index is 618. The molecular weight excluding hydrogens is 272 g/mol. The van der Waals surface area contributed by atoms with Crippen LogP contribution in [0.25, 0.3) is 0 Å². The minimum atomic E-state index is 0.582. The van der Waals surface area contributed by atoms with Gasteiger partial charge in [0.2, 0.25) is 0 Å². The van der Waals surface area contributed by atoms with Crippen LogP contribution in [0.3, 0.4) is 0 Å². The fourth-order valence-electron chi connectivity index (χ4n) is 2.21. The average Bonchev–Trinajstić information content (AvgIpc) is 2.37. The molecule has 0 atom stereocenters. The van der Waals surface area contributed by atoms with Gasteiger partial charge in [-0.3, -0.25) is 0 Å². The Balaban J connectivity index is 2.42. The Hall–Kier alpha value is -1.32. The van der Waals surface area contributed by atoms with Crippen molar-refractivity contribution in [3.8, 4) is 0 Å². The highest BCUT2D eigenvalue weighted by Crippen LogP contribution is 2.27. The van der Waals surface area contributed by atoms with E-state index >= 15 is 0 Å². The zero-order valence-corrected chi connectivity index (χ0v) is 12.9. The van der Waals surface area contributed by atoms with Crippen molar-refractivity contribution in [2.24, 2.45) is 0 Å². The molecule has 0 aromatic heterocycles. The second kappa shape index (κ2) is 6.22. The summed E-state index contributed by atoms with van der Waals surface area (Å²) in [6, 6.07) is 14.3. The lowest BCUT2D eigenvalue weighted by atomic mass is 10.0. The van der Waals surface area contributed by atoms with Gasteiger partial charge in [-0.2, -0.15) is 0 Å². The molecule has 1 nitrogen and oxygen atoms in total. The summed E-state index contributed by atoms with van der Waals surface area (Å²) in [5.74, 6) is 0. The van der Waals surface area contributed by atoms with Crippen LogP contribution in [0.5, 0.6) is 0 Å². The number of hydrogen-bond donors (Lipinski definition) is 0. The summed E-state index contributed by atoms with van der Waals surface area (Å²) in [6.45, 7) is 6.21. The molecule has 0 amide bonds. The van der Waals surface area contributed by atoms with Crippen LogP contribution in [0.4, 0.5) is 0 Å². The molecular formula is C16H16OS2. The standard InChI is InChI=1S/C16H16OS2/c1-11-9-12(2)15(13(3)10-11)16(19-17)18-14-7-5-4-6-8-14/h4-10H,1-3H3. The first kappa shape index (κ1) is 14.1.